The highest BCUT2D eigenvalue weighted by Crippen LogP contribution is 2.39. The minimum absolute atomic E-state index is 0.0741. The number of aliphatic carboxylic acids is 1. The third kappa shape index (κ3) is 5.03. The van der Waals surface area contributed by atoms with Gasteiger partial charge in [-0.3, -0.25) is 9.59 Å². The van der Waals surface area contributed by atoms with E-state index in [4.69, 9.17) is 23.7 Å². The van der Waals surface area contributed by atoms with Crippen molar-refractivity contribution >= 4 is 23.7 Å². The molecule has 10 nitrogen and oxygen atoms in total. The van der Waals surface area contributed by atoms with Crippen LogP contribution >= 0.6 is 0 Å². The molecule has 0 radical (unpaired) electrons. The van der Waals surface area contributed by atoms with E-state index in [2.05, 4.69) is 0 Å². The molecule has 0 saturated heterocycles. The van der Waals surface area contributed by atoms with E-state index in [1.165, 1.54) is 32.3 Å². The number of rotatable bonds is 8. The monoisotopic (exact) mass is 545 g/mol. The molecule has 3 aromatic rings. The van der Waals surface area contributed by atoms with Crippen LogP contribution in [0.4, 0.5) is 0 Å². The molecule has 0 aliphatic carbocycles. The first-order valence-electron chi connectivity index (χ1n) is 12.4. The van der Waals surface area contributed by atoms with Crippen LogP contribution in [0.2, 0.25) is 0 Å². The Kier molecular flexibility index (Phi) is 7.33. The van der Waals surface area contributed by atoms with Crippen molar-refractivity contribution in [2.75, 3.05) is 27.9 Å². The lowest BCUT2D eigenvalue weighted by molar-refractivity contribution is -0.152. The fraction of sp³-hybridized carbons (Fsp3) is 0.233. The number of carbonyl (C=O) groups is 3. The second-order valence-corrected chi connectivity index (χ2v) is 9.18. The van der Waals surface area contributed by atoms with Gasteiger partial charge in [0.15, 0.2) is 23.9 Å². The molecular formula is C30H27NO9. The molecule has 5 rings (SSSR count). The van der Waals surface area contributed by atoms with Gasteiger partial charge in [-0.2, -0.15) is 0 Å². The van der Waals surface area contributed by atoms with Crippen molar-refractivity contribution < 1.29 is 43.2 Å². The summed E-state index contributed by atoms with van der Waals surface area (Å²) < 4.78 is 27.6. The van der Waals surface area contributed by atoms with Gasteiger partial charge in [-0.15, -0.1) is 0 Å². The van der Waals surface area contributed by atoms with Gasteiger partial charge in [-0.1, -0.05) is 24.3 Å². The standard InChI is InChI=1S/C30H27NO9/c1-36-23-14-26(38-3)25(37-2)11-19(23)12-27-29(33)21-9-8-20(13-24(21)40-27)39-16-28(32)31-15-18-7-5-4-6-17(18)10-22(31)30(34)35/h4-9,11-14,22H,10,15-16H2,1-3H3,(H,34,35). The lowest BCUT2D eigenvalue weighted by atomic mass is 9.94. The van der Waals surface area contributed by atoms with Crippen molar-refractivity contribution in [3.8, 4) is 28.7 Å². The molecule has 3 aromatic carbocycles. The zero-order chi connectivity index (χ0) is 28.4. The highest BCUT2D eigenvalue weighted by atomic mass is 16.5. The van der Waals surface area contributed by atoms with E-state index in [-0.39, 0.29) is 36.9 Å². The molecule has 1 unspecified atom stereocenters. The maximum Gasteiger partial charge on any atom is 0.326 e. The average Bonchev–Trinajstić information content (AvgIpc) is 3.28. The maximum atomic E-state index is 13.0. The number of carbonyl (C=O) groups excluding carboxylic acids is 2. The van der Waals surface area contributed by atoms with E-state index in [9.17, 15) is 19.5 Å². The fourth-order valence-electron chi connectivity index (χ4n) is 4.80. The van der Waals surface area contributed by atoms with E-state index in [0.29, 0.717) is 34.1 Å². The Bertz CT molecular complexity index is 1530. The van der Waals surface area contributed by atoms with Crippen LogP contribution in [-0.2, 0) is 22.6 Å². The Hall–Kier alpha value is -4.99. The lowest BCUT2D eigenvalue weighted by Crippen LogP contribution is -2.50. The zero-order valence-electron chi connectivity index (χ0n) is 22.1. The van der Waals surface area contributed by atoms with Crippen LogP contribution in [0.3, 0.4) is 0 Å². The van der Waals surface area contributed by atoms with Gasteiger partial charge in [0, 0.05) is 30.7 Å². The molecule has 0 fully saturated rings. The van der Waals surface area contributed by atoms with Gasteiger partial charge in [-0.05, 0) is 35.4 Å². The first-order chi connectivity index (χ1) is 19.3. The summed E-state index contributed by atoms with van der Waals surface area (Å²) in [5, 5.41) is 9.71. The van der Waals surface area contributed by atoms with Crippen LogP contribution < -0.4 is 23.7 Å². The number of benzene rings is 3. The minimum atomic E-state index is -1.07. The molecular weight excluding hydrogens is 518 g/mol. The molecule has 2 heterocycles. The summed E-state index contributed by atoms with van der Waals surface area (Å²) in [5.41, 5.74) is 2.70. The third-order valence-corrected chi connectivity index (χ3v) is 6.88. The Labute approximate surface area is 230 Å². The molecule has 40 heavy (non-hydrogen) atoms. The van der Waals surface area contributed by atoms with Crippen LogP contribution in [0.5, 0.6) is 28.7 Å². The predicted octanol–water partition coefficient (Wildman–Crippen LogP) is 3.75. The largest absolute Gasteiger partial charge is 0.496 e. The number of allylic oxidation sites excluding steroid dienone is 1. The summed E-state index contributed by atoms with van der Waals surface area (Å²) in [7, 11) is 4.52. The number of nitrogens with zero attached hydrogens (tertiary/aromatic N) is 1. The summed E-state index contributed by atoms with van der Waals surface area (Å²) in [6, 6.07) is 14.4. The second kappa shape index (κ2) is 11.0. The second-order valence-electron chi connectivity index (χ2n) is 9.18. The Morgan fingerprint density at radius 2 is 1.68 bits per heavy atom. The Morgan fingerprint density at radius 3 is 2.38 bits per heavy atom. The number of Topliss-reactive ketones (excluding diaryl/α,β-unsaturated/α-hetero) is 1. The van der Waals surface area contributed by atoms with Crippen LogP contribution in [0.25, 0.3) is 6.08 Å². The fourth-order valence-corrected chi connectivity index (χ4v) is 4.80. The molecule has 2 aliphatic heterocycles. The molecule has 10 heteroatoms. The maximum absolute atomic E-state index is 13.0. The van der Waals surface area contributed by atoms with Crippen LogP contribution in [0.15, 0.2) is 60.4 Å². The smallest absolute Gasteiger partial charge is 0.326 e. The van der Waals surface area contributed by atoms with E-state index in [1.54, 1.807) is 30.3 Å². The zero-order valence-corrected chi connectivity index (χ0v) is 22.1. The third-order valence-electron chi connectivity index (χ3n) is 6.88. The topological polar surface area (TPSA) is 121 Å². The highest BCUT2D eigenvalue weighted by molar-refractivity contribution is 6.14. The molecule has 206 valence electrons. The predicted molar refractivity (Wildman–Crippen MR) is 143 cm³/mol. The summed E-state index contributed by atoms with van der Waals surface area (Å²) in [4.78, 5) is 39.2. The average molecular weight is 546 g/mol. The molecule has 1 atom stereocenters. The van der Waals surface area contributed by atoms with Crippen LogP contribution in [0, 0.1) is 0 Å². The number of hydrogen-bond donors (Lipinski definition) is 1. The molecule has 0 spiro atoms. The number of carboxylic acid groups (broad SMARTS) is 1. The molecule has 0 aromatic heterocycles. The van der Waals surface area contributed by atoms with Crippen molar-refractivity contribution in [1.29, 1.82) is 0 Å². The van der Waals surface area contributed by atoms with Gasteiger partial charge in [0.1, 0.15) is 23.3 Å². The lowest BCUT2D eigenvalue weighted by Gasteiger charge is -2.34. The molecule has 0 bridgehead atoms. The van der Waals surface area contributed by atoms with Gasteiger partial charge >= 0.3 is 5.97 Å². The number of ether oxygens (including phenoxy) is 5. The van der Waals surface area contributed by atoms with Crippen LogP contribution in [-0.4, -0.2) is 61.6 Å². The Morgan fingerprint density at radius 1 is 0.975 bits per heavy atom. The SMILES string of the molecule is COc1cc(OC)c(OC)cc1C=C1Oc2cc(OCC(=O)N3Cc4ccccc4CC3C(=O)O)ccc2C1=O. The number of hydrogen-bond acceptors (Lipinski definition) is 8. The van der Waals surface area contributed by atoms with Gasteiger partial charge in [0.2, 0.25) is 5.78 Å². The van der Waals surface area contributed by atoms with Gasteiger partial charge in [0.25, 0.3) is 5.91 Å². The number of fused-ring (bicyclic) bond motifs is 2. The number of methoxy groups -OCH3 is 3. The van der Waals surface area contributed by atoms with Crippen molar-refractivity contribution in [2.24, 2.45) is 0 Å². The number of ketones is 1. The Balaban J connectivity index is 1.31. The summed E-state index contributed by atoms with van der Waals surface area (Å²) in [6.07, 6.45) is 1.78. The normalized spacial score (nSPS) is 16.6. The first kappa shape index (κ1) is 26.6. The summed E-state index contributed by atoms with van der Waals surface area (Å²) in [6.45, 7) is -0.185. The molecule has 2 aliphatic rings. The summed E-state index contributed by atoms with van der Waals surface area (Å²) in [5.74, 6) is 0.183. The number of amides is 1. The van der Waals surface area contributed by atoms with E-state index < -0.39 is 17.9 Å². The summed E-state index contributed by atoms with van der Waals surface area (Å²) >= 11 is 0. The number of carboxylic acids is 1. The van der Waals surface area contributed by atoms with Crippen molar-refractivity contribution in [3.05, 3.63) is 82.6 Å². The van der Waals surface area contributed by atoms with Gasteiger partial charge < -0.3 is 33.7 Å². The minimum Gasteiger partial charge on any atom is -0.496 e. The van der Waals surface area contributed by atoms with E-state index >= 15 is 0 Å². The highest BCUT2D eigenvalue weighted by Gasteiger charge is 2.35. The van der Waals surface area contributed by atoms with Gasteiger partial charge in [0.05, 0.1) is 26.9 Å². The first-order valence-corrected chi connectivity index (χ1v) is 12.4. The van der Waals surface area contributed by atoms with Gasteiger partial charge in [-0.25, -0.2) is 4.79 Å². The van der Waals surface area contributed by atoms with E-state index in [1.807, 2.05) is 24.3 Å². The van der Waals surface area contributed by atoms with Crippen LogP contribution in [0.1, 0.15) is 27.0 Å². The molecule has 0 saturated carbocycles. The molecule has 1 N–H and O–H groups in total. The van der Waals surface area contributed by atoms with E-state index in [0.717, 1.165) is 11.1 Å². The van der Waals surface area contributed by atoms with Crippen molar-refractivity contribution in [3.63, 3.8) is 0 Å². The quantitative estimate of drug-likeness (QED) is 0.422. The van der Waals surface area contributed by atoms with Crippen molar-refractivity contribution in [2.45, 2.75) is 19.0 Å². The molecule has 1 amide bonds. The van der Waals surface area contributed by atoms with Crippen molar-refractivity contribution in [1.82, 2.24) is 4.90 Å².